The monoisotopic (exact) mass is 252 g/mol. The van der Waals surface area contributed by atoms with Gasteiger partial charge in [0.15, 0.2) is 0 Å². The number of hydrogen-bond acceptors (Lipinski definition) is 2. The molecular formula is C13H14F2N2O. The number of rotatable bonds is 2. The second kappa shape index (κ2) is 4.30. The smallest absolute Gasteiger partial charge is 0.239 e. The van der Waals surface area contributed by atoms with Crippen molar-refractivity contribution in [3.05, 3.63) is 24.0 Å². The van der Waals surface area contributed by atoms with E-state index in [9.17, 15) is 13.6 Å². The molecule has 0 saturated heterocycles. The molecule has 0 bridgehead atoms. The first-order valence-corrected chi connectivity index (χ1v) is 6.30. The van der Waals surface area contributed by atoms with Crippen molar-refractivity contribution >= 4 is 11.6 Å². The zero-order valence-electron chi connectivity index (χ0n) is 9.83. The van der Waals surface area contributed by atoms with E-state index in [1.165, 1.54) is 18.9 Å². The van der Waals surface area contributed by atoms with E-state index < -0.39 is 11.9 Å². The third-order valence-corrected chi connectivity index (χ3v) is 4.03. The Hall–Kier alpha value is -1.52. The molecule has 2 saturated carbocycles. The molecule has 1 amide bonds. The maximum atomic E-state index is 13.3. The van der Waals surface area contributed by atoms with Gasteiger partial charge in [0, 0.05) is 5.92 Å². The van der Waals surface area contributed by atoms with Crippen molar-refractivity contribution in [3.8, 4) is 0 Å². The van der Waals surface area contributed by atoms with Crippen LogP contribution in [-0.2, 0) is 4.79 Å². The van der Waals surface area contributed by atoms with Crippen molar-refractivity contribution in [2.45, 2.75) is 25.7 Å². The van der Waals surface area contributed by atoms with E-state index in [0.717, 1.165) is 18.9 Å². The van der Waals surface area contributed by atoms with Crippen molar-refractivity contribution in [1.82, 2.24) is 4.98 Å². The fourth-order valence-corrected chi connectivity index (χ4v) is 3.10. The molecule has 0 spiro atoms. The second-order valence-corrected chi connectivity index (χ2v) is 5.10. The zero-order chi connectivity index (χ0) is 12.7. The maximum Gasteiger partial charge on any atom is 0.239 e. The second-order valence-electron chi connectivity index (χ2n) is 5.10. The summed E-state index contributed by atoms with van der Waals surface area (Å²) in [5.41, 5.74) is -0.0370. The third kappa shape index (κ3) is 1.98. The van der Waals surface area contributed by atoms with Gasteiger partial charge < -0.3 is 5.32 Å². The number of anilines is 1. The van der Waals surface area contributed by atoms with Crippen LogP contribution in [0.2, 0.25) is 0 Å². The number of nitrogens with one attached hydrogen (secondary N) is 1. The van der Waals surface area contributed by atoms with Crippen LogP contribution in [-0.4, -0.2) is 10.9 Å². The molecule has 1 aromatic rings. The van der Waals surface area contributed by atoms with Gasteiger partial charge in [-0.3, -0.25) is 4.79 Å². The summed E-state index contributed by atoms with van der Waals surface area (Å²) in [6, 6.07) is 2.25. The van der Waals surface area contributed by atoms with Gasteiger partial charge in [0.1, 0.15) is 0 Å². The fraction of sp³-hybridized carbons (Fsp3) is 0.538. The lowest BCUT2D eigenvalue weighted by atomic mass is 10.0. The maximum absolute atomic E-state index is 13.3. The SMILES string of the molecule is O=C(Nc1ccc(F)nc1F)C1C2CCCCC21. The van der Waals surface area contributed by atoms with Crippen LogP contribution < -0.4 is 5.32 Å². The lowest BCUT2D eigenvalue weighted by molar-refractivity contribution is -0.117. The van der Waals surface area contributed by atoms with Gasteiger partial charge in [-0.1, -0.05) is 12.8 Å². The number of carbonyl (C=O) groups is 1. The van der Waals surface area contributed by atoms with Gasteiger partial charge in [-0.15, -0.1) is 0 Å². The van der Waals surface area contributed by atoms with Gasteiger partial charge in [0.2, 0.25) is 17.8 Å². The first-order chi connectivity index (χ1) is 8.66. The van der Waals surface area contributed by atoms with Crippen molar-refractivity contribution in [1.29, 1.82) is 0 Å². The third-order valence-electron chi connectivity index (χ3n) is 4.03. The Bertz CT molecular complexity index is 480. The van der Waals surface area contributed by atoms with Crippen molar-refractivity contribution < 1.29 is 13.6 Å². The van der Waals surface area contributed by atoms with Crippen LogP contribution in [0.1, 0.15) is 25.7 Å². The molecule has 2 unspecified atom stereocenters. The zero-order valence-corrected chi connectivity index (χ0v) is 9.83. The molecule has 0 aliphatic heterocycles. The van der Waals surface area contributed by atoms with Gasteiger partial charge in [0.25, 0.3) is 0 Å². The minimum Gasteiger partial charge on any atom is -0.322 e. The number of amides is 1. The molecule has 3 rings (SSSR count). The summed E-state index contributed by atoms with van der Waals surface area (Å²) in [5, 5.41) is 2.51. The molecule has 2 aliphatic rings. The predicted molar refractivity (Wildman–Crippen MR) is 61.7 cm³/mol. The van der Waals surface area contributed by atoms with Crippen molar-refractivity contribution in [2.75, 3.05) is 5.32 Å². The Balaban J connectivity index is 1.68. The van der Waals surface area contributed by atoms with Gasteiger partial charge in [-0.05, 0) is 36.8 Å². The number of pyridine rings is 1. The Kier molecular flexibility index (Phi) is 2.76. The van der Waals surface area contributed by atoms with Gasteiger partial charge >= 0.3 is 0 Å². The average Bonchev–Trinajstić information content (AvgIpc) is 3.07. The molecule has 0 aromatic carbocycles. The highest BCUT2D eigenvalue weighted by Gasteiger charge is 2.54. The minimum absolute atomic E-state index is 0.0111. The molecule has 96 valence electrons. The van der Waals surface area contributed by atoms with Crippen LogP contribution in [0.5, 0.6) is 0 Å². The molecule has 2 fully saturated rings. The van der Waals surface area contributed by atoms with Crippen molar-refractivity contribution in [2.24, 2.45) is 17.8 Å². The molecule has 0 radical (unpaired) electrons. The Morgan fingerprint density at radius 1 is 1.22 bits per heavy atom. The Labute approximate surface area is 104 Å². The van der Waals surface area contributed by atoms with E-state index in [1.54, 1.807) is 0 Å². The van der Waals surface area contributed by atoms with Crippen LogP contribution in [0.25, 0.3) is 0 Å². The van der Waals surface area contributed by atoms with E-state index in [1.807, 2.05) is 0 Å². The highest BCUT2D eigenvalue weighted by atomic mass is 19.1. The van der Waals surface area contributed by atoms with Gasteiger partial charge in [0.05, 0.1) is 5.69 Å². The summed E-state index contributed by atoms with van der Waals surface area (Å²) >= 11 is 0. The van der Waals surface area contributed by atoms with Crippen LogP contribution >= 0.6 is 0 Å². The van der Waals surface area contributed by atoms with Crippen LogP contribution in [0.3, 0.4) is 0 Å². The molecule has 18 heavy (non-hydrogen) atoms. The number of carbonyl (C=O) groups excluding carboxylic acids is 1. The lowest BCUT2D eigenvalue weighted by Gasteiger charge is -2.05. The first kappa shape index (κ1) is 11.6. The molecule has 1 aromatic heterocycles. The molecule has 5 heteroatoms. The topological polar surface area (TPSA) is 42.0 Å². The number of hydrogen-bond donors (Lipinski definition) is 1. The standard InChI is InChI=1S/C13H14F2N2O/c14-10-6-5-9(12(15)17-10)16-13(18)11-7-3-1-2-4-8(7)11/h5-8,11H,1-4H2,(H,16,18). The molecular weight excluding hydrogens is 238 g/mol. The Morgan fingerprint density at radius 2 is 1.89 bits per heavy atom. The predicted octanol–water partition coefficient (Wildman–Crippen LogP) is 2.73. The number of halogens is 2. The summed E-state index contributed by atoms with van der Waals surface area (Å²) in [6.07, 6.45) is 4.54. The largest absolute Gasteiger partial charge is 0.322 e. The highest BCUT2D eigenvalue weighted by Crippen LogP contribution is 2.55. The summed E-state index contributed by atoms with van der Waals surface area (Å²) < 4.78 is 25.9. The van der Waals surface area contributed by atoms with E-state index in [-0.39, 0.29) is 17.5 Å². The number of nitrogens with zero attached hydrogens (tertiary/aromatic N) is 1. The number of aromatic nitrogens is 1. The highest BCUT2D eigenvalue weighted by molar-refractivity contribution is 5.94. The summed E-state index contributed by atoms with van der Waals surface area (Å²) in [4.78, 5) is 15.0. The van der Waals surface area contributed by atoms with E-state index in [0.29, 0.717) is 11.8 Å². The average molecular weight is 252 g/mol. The molecule has 1 N–H and O–H groups in total. The summed E-state index contributed by atoms with van der Waals surface area (Å²) in [7, 11) is 0. The van der Waals surface area contributed by atoms with Gasteiger partial charge in [-0.2, -0.15) is 13.8 Å². The molecule has 1 heterocycles. The van der Waals surface area contributed by atoms with E-state index >= 15 is 0 Å². The summed E-state index contributed by atoms with van der Waals surface area (Å²) in [6.45, 7) is 0. The van der Waals surface area contributed by atoms with Gasteiger partial charge in [-0.25, -0.2) is 0 Å². The summed E-state index contributed by atoms with van der Waals surface area (Å²) in [5.74, 6) is -1.06. The minimum atomic E-state index is -0.966. The molecule has 2 aliphatic carbocycles. The van der Waals surface area contributed by atoms with Crippen LogP contribution in [0.4, 0.5) is 14.5 Å². The van der Waals surface area contributed by atoms with Crippen molar-refractivity contribution in [3.63, 3.8) is 0 Å². The first-order valence-electron chi connectivity index (χ1n) is 6.30. The van der Waals surface area contributed by atoms with E-state index in [2.05, 4.69) is 10.3 Å². The number of fused-ring (bicyclic) bond motifs is 1. The molecule has 2 atom stereocenters. The Morgan fingerprint density at radius 3 is 2.50 bits per heavy atom. The normalized spacial score (nSPS) is 29.6. The van der Waals surface area contributed by atoms with E-state index in [4.69, 9.17) is 0 Å². The fourth-order valence-electron chi connectivity index (χ4n) is 3.10. The lowest BCUT2D eigenvalue weighted by Crippen LogP contribution is -2.17. The van der Waals surface area contributed by atoms with Crippen LogP contribution in [0, 0.1) is 29.6 Å². The molecule has 3 nitrogen and oxygen atoms in total. The quantitative estimate of drug-likeness (QED) is 0.822. The van der Waals surface area contributed by atoms with Crippen LogP contribution in [0.15, 0.2) is 12.1 Å².